The summed E-state index contributed by atoms with van der Waals surface area (Å²) in [5.41, 5.74) is 0.278. The number of anilines is 1. The van der Waals surface area contributed by atoms with Crippen molar-refractivity contribution in [2.24, 2.45) is 4.99 Å². The Morgan fingerprint density at radius 1 is 1.09 bits per heavy atom. The molecule has 0 unspecified atom stereocenters. The Labute approximate surface area is 194 Å². The van der Waals surface area contributed by atoms with Crippen molar-refractivity contribution in [1.82, 2.24) is 10.0 Å². The summed E-state index contributed by atoms with van der Waals surface area (Å²) in [5, 5.41) is 5.22. The van der Waals surface area contributed by atoms with Crippen LogP contribution < -0.4 is 15.4 Å². The first-order valence-corrected chi connectivity index (χ1v) is 12.6. The molecule has 0 radical (unpaired) electrons. The molecule has 1 aromatic rings. The van der Waals surface area contributed by atoms with Gasteiger partial charge >= 0.3 is 5.97 Å². The van der Waals surface area contributed by atoms with E-state index in [4.69, 9.17) is 4.74 Å². The average Bonchev–Trinajstić information content (AvgIpc) is 3.03. The van der Waals surface area contributed by atoms with Crippen LogP contribution in [-0.4, -0.2) is 51.7 Å². The standard InChI is InChI=1S/C22H32N4O6S/c1-17(27)23-13-6-3-5-12-22(29)32-16-21(28)25-18-9-8-10-19(15-18)33(30,31)26-20-11-4-2-7-14-24-20/h8-10,15H,2-7,11-14,16H2,1H3,(H,23,27)(H,24,26)(H,25,28). The van der Waals surface area contributed by atoms with Crippen molar-refractivity contribution in [2.45, 2.75) is 63.2 Å². The number of nitrogens with one attached hydrogen (secondary N) is 3. The molecule has 10 nitrogen and oxygen atoms in total. The second-order valence-electron chi connectivity index (χ2n) is 7.77. The lowest BCUT2D eigenvalue weighted by Gasteiger charge is -2.11. The SMILES string of the molecule is CC(=O)NCCCCCC(=O)OCC(=O)Nc1cccc(S(=O)(=O)NC2=NCCCCC2)c1. The lowest BCUT2D eigenvalue weighted by atomic mass is 10.2. The highest BCUT2D eigenvalue weighted by molar-refractivity contribution is 7.90. The van der Waals surface area contributed by atoms with Gasteiger partial charge in [-0.2, -0.15) is 0 Å². The zero-order chi connectivity index (χ0) is 24.1. The van der Waals surface area contributed by atoms with Crippen molar-refractivity contribution in [2.75, 3.05) is 25.0 Å². The van der Waals surface area contributed by atoms with Crippen molar-refractivity contribution in [1.29, 1.82) is 0 Å². The Hall–Kier alpha value is -2.95. The molecule has 1 heterocycles. The van der Waals surface area contributed by atoms with E-state index in [1.165, 1.54) is 25.1 Å². The van der Waals surface area contributed by atoms with Crippen molar-refractivity contribution in [3.8, 4) is 0 Å². The molecule has 11 heteroatoms. The van der Waals surface area contributed by atoms with Crippen LogP contribution in [0.4, 0.5) is 5.69 Å². The summed E-state index contributed by atoms with van der Waals surface area (Å²) in [6, 6.07) is 5.85. The number of carbonyl (C=O) groups excluding carboxylic acids is 3. The van der Waals surface area contributed by atoms with E-state index >= 15 is 0 Å². The van der Waals surface area contributed by atoms with Gasteiger partial charge in [0.1, 0.15) is 5.84 Å². The van der Waals surface area contributed by atoms with E-state index in [9.17, 15) is 22.8 Å². The van der Waals surface area contributed by atoms with E-state index in [2.05, 4.69) is 20.3 Å². The Bertz CT molecular complexity index is 961. The highest BCUT2D eigenvalue weighted by Gasteiger charge is 2.18. The van der Waals surface area contributed by atoms with Crippen molar-refractivity contribution >= 4 is 39.3 Å². The Morgan fingerprint density at radius 3 is 2.70 bits per heavy atom. The van der Waals surface area contributed by atoms with Crippen LogP contribution in [0, 0.1) is 0 Å². The number of ether oxygens (including phenoxy) is 1. The Kier molecular flexibility index (Phi) is 10.8. The monoisotopic (exact) mass is 480 g/mol. The molecule has 0 bridgehead atoms. The van der Waals surface area contributed by atoms with Crippen LogP contribution in [0.1, 0.15) is 58.3 Å². The predicted molar refractivity (Wildman–Crippen MR) is 124 cm³/mol. The molecule has 2 amide bonds. The molecule has 33 heavy (non-hydrogen) atoms. The van der Waals surface area contributed by atoms with Gasteiger partial charge in [-0.25, -0.2) is 8.42 Å². The van der Waals surface area contributed by atoms with Gasteiger partial charge in [-0.1, -0.05) is 18.9 Å². The number of rotatable bonds is 11. The van der Waals surface area contributed by atoms with E-state index in [0.717, 1.165) is 32.1 Å². The Balaban J connectivity index is 1.77. The number of hydrogen-bond acceptors (Lipinski definition) is 7. The third kappa shape index (κ3) is 10.5. The summed E-state index contributed by atoms with van der Waals surface area (Å²) in [5.74, 6) is -0.697. The molecular weight excluding hydrogens is 448 g/mol. The van der Waals surface area contributed by atoms with Gasteiger partial charge in [-0.15, -0.1) is 0 Å². The van der Waals surface area contributed by atoms with E-state index in [1.807, 2.05) is 0 Å². The smallest absolute Gasteiger partial charge is 0.306 e. The summed E-state index contributed by atoms with van der Waals surface area (Å²) < 4.78 is 32.8. The van der Waals surface area contributed by atoms with Crippen LogP contribution in [0.25, 0.3) is 0 Å². The van der Waals surface area contributed by atoms with Gasteiger partial charge in [0, 0.05) is 38.5 Å². The lowest BCUT2D eigenvalue weighted by molar-refractivity contribution is -0.147. The molecule has 1 aliphatic rings. The normalized spacial score (nSPS) is 13.9. The van der Waals surface area contributed by atoms with Crippen LogP contribution in [0.15, 0.2) is 34.2 Å². The average molecular weight is 481 g/mol. The number of unbranched alkanes of at least 4 members (excludes halogenated alkanes) is 2. The molecule has 0 aliphatic carbocycles. The van der Waals surface area contributed by atoms with Crippen molar-refractivity contribution < 1.29 is 27.5 Å². The quantitative estimate of drug-likeness (QED) is 0.327. The first kappa shape index (κ1) is 26.3. The first-order chi connectivity index (χ1) is 15.8. The van der Waals surface area contributed by atoms with Gasteiger partial charge in [0.05, 0.1) is 4.90 Å². The third-order valence-electron chi connectivity index (χ3n) is 4.85. The fourth-order valence-corrected chi connectivity index (χ4v) is 4.30. The fraction of sp³-hybridized carbons (Fsp3) is 0.545. The summed E-state index contributed by atoms with van der Waals surface area (Å²) >= 11 is 0. The van der Waals surface area contributed by atoms with Crippen LogP contribution in [-0.2, 0) is 29.1 Å². The molecule has 0 fully saturated rings. The minimum absolute atomic E-state index is 0.00324. The second-order valence-corrected chi connectivity index (χ2v) is 9.46. The van der Waals surface area contributed by atoms with Gasteiger partial charge in [0.15, 0.2) is 6.61 Å². The molecule has 0 spiro atoms. The number of aliphatic imine (C=N–C) groups is 1. The number of hydrogen-bond donors (Lipinski definition) is 3. The first-order valence-electron chi connectivity index (χ1n) is 11.1. The molecule has 1 aliphatic heterocycles. The van der Waals surface area contributed by atoms with Crippen LogP contribution >= 0.6 is 0 Å². The predicted octanol–water partition coefficient (Wildman–Crippen LogP) is 2.12. The maximum Gasteiger partial charge on any atom is 0.306 e. The molecule has 0 atom stereocenters. The maximum absolute atomic E-state index is 12.7. The summed E-state index contributed by atoms with van der Waals surface area (Å²) in [7, 11) is -3.82. The highest BCUT2D eigenvalue weighted by atomic mass is 32.2. The molecule has 3 N–H and O–H groups in total. The number of nitrogens with zero attached hydrogens (tertiary/aromatic N) is 1. The molecule has 0 aromatic heterocycles. The van der Waals surface area contributed by atoms with E-state index in [0.29, 0.717) is 31.8 Å². The number of carbonyl (C=O) groups is 3. The van der Waals surface area contributed by atoms with Crippen LogP contribution in [0.2, 0.25) is 0 Å². The zero-order valence-corrected chi connectivity index (χ0v) is 19.7. The molecule has 2 rings (SSSR count). The topological polar surface area (TPSA) is 143 Å². The number of amides is 2. The van der Waals surface area contributed by atoms with E-state index in [1.54, 1.807) is 6.07 Å². The number of sulfonamides is 1. The van der Waals surface area contributed by atoms with E-state index < -0.39 is 28.5 Å². The van der Waals surface area contributed by atoms with Crippen LogP contribution in [0.3, 0.4) is 0 Å². The lowest BCUT2D eigenvalue weighted by Crippen LogP contribution is -2.30. The van der Waals surface area contributed by atoms with Crippen LogP contribution in [0.5, 0.6) is 0 Å². The number of amidine groups is 1. The molecule has 0 saturated heterocycles. The van der Waals surface area contributed by atoms with Gasteiger partial charge in [-0.3, -0.25) is 24.1 Å². The minimum atomic E-state index is -3.82. The molecular formula is C22H32N4O6S. The third-order valence-corrected chi connectivity index (χ3v) is 6.23. The fourth-order valence-electron chi connectivity index (χ4n) is 3.16. The minimum Gasteiger partial charge on any atom is -0.456 e. The van der Waals surface area contributed by atoms with Crippen molar-refractivity contribution in [3.63, 3.8) is 0 Å². The summed E-state index contributed by atoms with van der Waals surface area (Å²) in [6.07, 6.45) is 5.70. The van der Waals surface area contributed by atoms with Gasteiger partial charge in [0.25, 0.3) is 15.9 Å². The molecule has 1 aromatic carbocycles. The van der Waals surface area contributed by atoms with Gasteiger partial charge in [-0.05, 0) is 43.9 Å². The zero-order valence-electron chi connectivity index (χ0n) is 18.9. The van der Waals surface area contributed by atoms with Crippen molar-refractivity contribution in [3.05, 3.63) is 24.3 Å². The second kappa shape index (κ2) is 13.6. The largest absolute Gasteiger partial charge is 0.456 e. The number of benzene rings is 1. The maximum atomic E-state index is 12.7. The number of esters is 1. The van der Waals surface area contributed by atoms with E-state index in [-0.39, 0.29) is 22.9 Å². The van der Waals surface area contributed by atoms with Gasteiger partial charge < -0.3 is 15.4 Å². The summed E-state index contributed by atoms with van der Waals surface area (Å²) in [4.78, 5) is 38.9. The molecule has 0 saturated carbocycles. The molecule has 182 valence electrons. The Morgan fingerprint density at radius 2 is 1.91 bits per heavy atom. The summed E-state index contributed by atoms with van der Waals surface area (Å²) in [6.45, 7) is 2.15. The van der Waals surface area contributed by atoms with Gasteiger partial charge in [0.2, 0.25) is 5.91 Å². The highest BCUT2D eigenvalue weighted by Crippen LogP contribution is 2.16.